The number of allylic oxidation sites excluding steroid dienone is 1. The first-order valence-corrected chi connectivity index (χ1v) is 8.49. The van der Waals surface area contributed by atoms with Crippen LogP contribution in [0.1, 0.15) is 17.0 Å². The average Bonchev–Trinajstić information content (AvgIpc) is 3.08. The monoisotopic (exact) mass is 391 g/mol. The second-order valence-corrected chi connectivity index (χ2v) is 6.48. The Morgan fingerprint density at radius 2 is 1.88 bits per heavy atom. The summed E-state index contributed by atoms with van der Waals surface area (Å²) < 4.78 is 37.8. The lowest BCUT2D eigenvalue weighted by Crippen LogP contribution is -2.05. The van der Waals surface area contributed by atoms with Crippen molar-refractivity contribution >= 4 is 34.6 Å². The smallest absolute Gasteiger partial charge is 0.255 e. The van der Waals surface area contributed by atoms with Crippen molar-refractivity contribution < 1.29 is 13.2 Å². The van der Waals surface area contributed by atoms with E-state index in [1.54, 1.807) is 17.5 Å². The van der Waals surface area contributed by atoms with Crippen molar-refractivity contribution in [3.63, 3.8) is 0 Å². The van der Waals surface area contributed by atoms with Crippen LogP contribution in [0.15, 0.2) is 48.0 Å². The van der Waals surface area contributed by atoms with Crippen LogP contribution in [0.25, 0.3) is 22.2 Å². The highest BCUT2D eigenvalue weighted by Gasteiger charge is 2.30. The van der Waals surface area contributed by atoms with Crippen LogP contribution in [-0.2, 0) is 6.18 Å². The molecule has 3 aromatic rings. The summed E-state index contributed by atoms with van der Waals surface area (Å²) in [5, 5.41) is 12.4. The molecule has 0 spiro atoms. The Morgan fingerprint density at radius 3 is 2.46 bits per heavy atom. The first kappa shape index (κ1) is 18.1. The van der Waals surface area contributed by atoms with Crippen LogP contribution in [0.2, 0.25) is 5.02 Å². The van der Waals surface area contributed by atoms with Crippen molar-refractivity contribution in [1.82, 2.24) is 9.97 Å². The van der Waals surface area contributed by atoms with Gasteiger partial charge in [0.25, 0.3) is 0 Å². The molecule has 1 aromatic carbocycles. The molecule has 0 N–H and O–H groups in total. The summed E-state index contributed by atoms with van der Waals surface area (Å²) in [6.07, 6.45) is -2.27. The SMILES string of the molecule is N#C/C(=C\c1csc(-c2ccc(Cl)cc2)n1)c1ccc(C(F)(F)F)cn1. The van der Waals surface area contributed by atoms with Crippen molar-refractivity contribution in [2.24, 2.45) is 0 Å². The topological polar surface area (TPSA) is 49.6 Å². The van der Waals surface area contributed by atoms with Crippen LogP contribution in [-0.4, -0.2) is 9.97 Å². The van der Waals surface area contributed by atoms with Crippen molar-refractivity contribution in [3.8, 4) is 16.6 Å². The van der Waals surface area contributed by atoms with Crippen LogP contribution < -0.4 is 0 Å². The van der Waals surface area contributed by atoms with E-state index in [2.05, 4.69) is 9.97 Å². The second-order valence-electron chi connectivity index (χ2n) is 5.18. The maximum Gasteiger partial charge on any atom is 0.417 e. The zero-order valence-corrected chi connectivity index (χ0v) is 14.5. The van der Waals surface area contributed by atoms with Gasteiger partial charge < -0.3 is 0 Å². The maximum atomic E-state index is 12.6. The number of benzene rings is 1. The molecule has 0 bridgehead atoms. The van der Waals surface area contributed by atoms with Crippen LogP contribution in [0, 0.1) is 11.3 Å². The number of hydrogen-bond donors (Lipinski definition) is 0. The number of nitriles is 1. The Kier molecular flexibility index (Phi) is 5.07. The average molecular weight is 392 g/mol. The fourth-order valence-electron chi connectivity index (χ4n) is 2.11. The van der Waals surface area contributed by atoms with Gasteiger partial charge in [0.2, 0.25) is 0 Å². The molecule has 0 aliphatic carbocycles. The summed E-state index contributed by atoms with van der Waals surface area (Å²) in [7, 11) is 0. The molecule has 3 rings (SSSR count). The first-order valence-electron chi connectivity index (χ1n) is 7.24. The Balaban J connectivity index is 1.88. The molecule has 0 saturated carbocycles. The molecule has 0 aliphatic rings. The van der Waals surface area contributed by atoms with Crippen molar-refractivity contribution in [2.45, 2.75) is 6.18 Å². The third-order valence-electron chi connectivity index (χ3n) is 3.39. The maximum absolute atomic E-state index is 12.6. The van der Waals surface area contributed by atoms with E-state index in [4.69, 9.17) is 11.6 Å². The van der Waals surface area contributed by atoms with Crippen LogP contribution in [0.5, 0.6) is 0 Å². The molecule has 0 aliphatic heterocycles. The zero-order valence-electron chi connectivity index (χ0n) is 13.0. The fraction of sp³-hybridized carbons (Fsp3) is 0.0556. The minimum absolute atomic E-state index is 0.131. The van der Waals surface area contributed by atoms with Crippen molar-refractivity contribution in [3.05, 3.63) is 69.9 Å². The lowest BCUT2D eigenvalue weighted by molar-refractivity contribution is -0.137. The van der Waals surface area contributed by atoms with Gasteiger partial charge in [-0.2, -0.15) is 18.4 Å². The highest BCUT2D eigenvalue weighted by atomic mass is 35.5. The standard InChI is InChI=1S/C18H9ClF3N3S/c19-14-4-1-11(2-5-14)17-25-15(10-26-17)7-12(8-23)16-6-3-13(9-24-16)18(20,21)22/h1-7,9-10H/b12-7+. The quantitative estimate of drug-likeness (QED) is 0.519. The highest BCUT2D eigenvalue weighted by Crippen LogP contribution is 2.30. The predicted molar refractivity (Wildman–Crippen MR) is 95.3 cm³/mol. The molecule has 0 atom stereocenters. The Bertz CT molecular complexity index is 984. The number of nitrogens with zero attached hydrogens (tertiary/aromatic N) is 3. The molecule has 2 heterocycles. The Labute approximate surface area is 156 Å². The van der Waals surface area contributed by atoms with Crippen LogP contribution in [0.3, 0.4) is 0 Å². The number of halogens is 4. The first-order chi connectivity index (χ1) is 12.4. The third-order valence-corrected chi connectivity index (χ3v) is 4.55. The van der Waals surface area contributed by atoms with Gasteiger partial charge in [-0.3, -0.25) is 4.98 Å². The van der Waals surface area contributed by atoms with Gasteiger partial charge in [-0.15, -0.1) is 11.3 Å². The molecule has 0 unspecified atom stereocenters. The molecule has 26 heavy (non-hydrogen) atoms. The van der Waals surface area contributed by atoms with Gasteiger partial charge in [0, 0.05) is 22.2 Å². The van der Waals surface area contributed by atoms with Crippen LogP contribution >= 0.6 is 22.9 Å². The van der Waals surface area contributed by atoms with Crippen LogP contribution in [0.4, 0.5) is 13.2 Å². The van der Waals surface area contributed by atoms with E-state index in [-0.39, 0.29) is 11.3 Å². The molecule has 3 nitrogen and oxygen atoms in total. The van der Waals surface area contributed by atoms with Gasteiger partial charge in [0.1, 0.15) is 11.1 Å². The van der Waals surface area contributed by atoms with E-state index in [0.29, 0.717) is 16.9 Å². The zero-order chi connectivity index (χ0) is 18.7. The van der Waals surface area contributed by atoms with Gasteiger partial charge in [0.05, 0.1) is 22.5 Å². The number of thiazole rings is 1. The van der Waals surface area contributed by atoms with E-state index in [9.17, 15) is 18.4 Å². The highest BCUT2D eigenvalue weighted by molar-refractivity contribution is 7.13. The number of rotatable bonds is 3. The summed E-state index contributed by atoms with van der Waals surface area (Å²) >= 11 is 7.24. The van der Waals surface area contributed by atoms with Gasteiger partial charge in [0.15, 0.2) is 0 Å². The summed E-state index contributed by atoms with van der Waals surface area (Å²) in [5.74, 6) is 0. The summed E-state index contributed by atoms with van der Waals surface area (Å²) in [6.45, 7) is 0. The molecular formula is C18H9ClF3N3S. The van der Waals surface area contributed by atoms with Crippen molar-refractivity contribution in [2.75, 3.05) is 0 Å². The lowest BCUT2D eigenvalue weighted by atomic mass is 10.1. The molecule has 0 radical (unpaired) electrons. The number of pyridine rings is 1. The summed E-state index contributed by atoms with van der Waals surface area (Å²) in [4.78, 5) is 8.16. The molecule has 0 fully saturated rings. The second kappa shape index (κ2) is 7.28. The Hall–Kier alpha value is -2.69. The third kappa shape index (κ3) is 4.10. The normalized spacial score (nSPS) is 12.0. The predicted octanol–water partition coefficient (Wildman–Crippen LogP) is 5.94. The largest absolute Gasteiger partial charge is 0.417 e. The molecule has 130 valence electrons. The van der Waals surface area contributed by atoms with Gasteiger partial charge in [-0.25, -0.2) is 4.98 Å². The molecule has 0 saturated heterocycles. The molecule has 2 aromatic heterocycles. The van der Waals surface area contributed by atoms with E-state index in [1.807, 2.05) is 18.2 Å². The van der Waals surface area contributed by atoms with Gasteiger partial charge in [-0.05, 0) is 30.3 Å². The number of alkyl halides is 3. The lowest BCUT2D eigenvalue weighted by Gasteiger charge is -2.06. The summed E-state index contributed by atoms with van der Waals surface area (Å²) in [6, 6.07) is 11.2. The van der Waals surface area contributed by atoms with Gasteiger partial charge in [-0.1, -0.05) is 23.7 Å². The van der Waals surface area contributed by atoms with E-state index in [0.717, 1.165) is 16.6 Å². The minimum Gasteiger partial charge on any atom is -0.255 e. The van der Waals surface area contributed by atoms with E-state index < -0.39 is 11.7 Å². The minimum atomic E-state index is -4.47. The number of hydrogen-bond acceptors (Lipinski definition) is 4. The van der Waals surface area contributed by atoms with E-state index >= 15 is 0 Å². The molecule has 8 heteroatoms. The number of aromatic nitrogens is 2. The summed E-state index contributed by atoms with van der Waals surface area (Å²) in [5.41, 5.74) is 0.828. The Morgan fingerprint density at radius 1 is 1.15 bits per heavy atom. The van der Waals surface area contributed by atoms with E-state index in [1.165, 1.54) is 23.5 Å². The fourth-order valence-corrected chi connectivity index (χ4v) is 3.02. The molecular weight excluding hydrogens is 383 g/mol. The molecule has 0 amide bonds. The van der Waals surface area contributed by atoms with Crippen molar-refractivity contribution in [1.29, 1.82) is 5.26 Å². The van der Waals surface area contributed by atoms with Gasteiger partial charge >= 0.3 is 6.18 Å².